The van der Waals surface area contributed by atoms with Gasteiger partial charge in [-0.2, -0.15) is 24.9 Å². The molecular weight excluding hydrogens is 309 g/mol. The average molecular weight is 328 g/mol. The fourth-order valence-corrected chi connectivity index (χ4v) is 5.32. The molecular formula is C17H19F3OS. The molecule has 22 heavy (non-hydrogen) atoms. The first kappa shape index (κ1) is 15.9. The summed E-state index contributed by atoms with van der Waals surface area (Å²) in [4.78, 5) is 12.4. The molecule has 0 aromatic heterocycles. The van der Waals surface area contributed by atoms with Gasteiger partial charge in [0.1, 0.15) is 5.78 Å². The number of carbonyl (C=O) groups is 1. The molecule has 2 bridgehead atoms. The SMILES string of the molecule is O=C(Cc1ccc(C(F)(F)F)cc1)C1CC2CCCC(C1)S2. The third-order valence-corrected chi connectivity index (χ3v) is 6.27. The van der Waals surface area contributed by atoms with Crippen LogP contribution >= 0.6 is 11.8 Å². The van der Waals surface area contributed by atoms with E-state index < -0.39 is 11.7 Å². The molecule has 0 N–H and O–H groups in total. The summed E-state index contributed by atoms with van der Waals surface area (Å²) >= 11 is 2.03. The van der Waals surface area contributed by atoms with Crippen LogP contribution in [0.15, 0.2) is 24.3 Å². The number of benzene rings is 1. The van der Waals surface area contributed by atoms with E-state index in [0.29, 0.717) is 16.1 Å². The maximum absolute atomic E-state index is 12.5. The molecule has 0 saturated carbocycles. The van der Waals surface area contributed by atoms with Gasteiger partial charge in [-0.3, -0.25) is 4.79 Å². The van der Waals surface area contributed by atoms with Crippen molar-refractivity contribution in [1.29, 1.82) is 0 Å². The summed E-state index contributed by atoms with van der Waals surface area (Å²) in [6.45, 7) is 0. The van der Waals surface area contributed by atoms with Crippen molar-refractivity contribution >= 4 is 17.5 Å². The number of halogens is 3. The molecule has 2 fully saturated rings. The summed E-state index contributed by atoms with van der Waals surface area (Å²) in [6, 6.07) is 4.99. The zero-order valence-electron chi connectivity index (χ0n) is 12.2. The lowest BCUT2D eigenvalue weighted by Crippen LogP contribution is -2.33. The summed E-state index contributed by atoms with van der Waals surface area (Å²) in [6.07, 6.45) is 1.49. The molecule has 0 amide bonds. The number of rotatable bonds is 3. The Morgan fingerprint density at radius 3 is 2.23 bits per heavy atom. The van der Waals surface area contributed by atoms with Crippen LogP contribution in [0.25, 0.3) is 0 Å². The monoisotopic (exact) mass is 328 g/mol. The third kappa shape index (κ3) is 3.67. The molecule has 0 aliphatic carbocycles. The highest BCUT2D eigenvalue weighted by Crippen LogP contribution is 2.44. The molecule has 120 valence electrons. The third-order valence-electron chi connectivity index (χ3n) is 4.65. The van der Waals surface area contributed by atoms with Crippen LogP contribution in [-0.2, 0) is 17.4 Å². The summed E-state index contributed by atoms with van der Waals surface area (Å²) in [5, 5.41) is 1.21. The Bertz CT molecular complexity index is 526. The molecule has 1 aromatic rings. The van der Waals surface area contributed by atoms with Crippen LogP contribution in [0.3, 0.4) is 0 Å². The van der Waals surface area contributed by atoms with E-state index in [2.05, 4.69) is 0 Å². The molecule has 5 heteroatoms. The minimum atomic E-state index is -4.32. The molecule has 2 saturated heterocycles. The van der Waals surface area contributed by atoms with Gasteiger partial charge in [-0.1, -0.05) is 18.6 Å². The topological polar surface area (TPSA) is 17.1 Å². The van der Waals surface area contributed by atoms with Gasteiger partial charge in [-0.15, -0.1) is 0 Å². The van der Waals surface area contributed by atoms with Gasteiger partial charge in [0.15, 0.2) is 0 Å². The highest BCUT2D eigenvalue weighted by molar-refractivity contribution is 8.00. The summed E-state index contributed by atoms with van der Waals surface area (Å²) in [5.41, 5.74) is 0.0219. The molecule has 0 radical (unpaired) electrons. The number of carbonyl (C=O) groups excluding carboxylic acids is 1. The zero-order valence-corrected chi connectivity index (χ0v) is 13.1. The van der Waals surface area contributed by atoms with Crippen LogP contribution in [0.4, 0.5) is 13.2 Å². The fourth-order valence-electron chi connectivity index (χ4n) is 3.48. The molecule has 2 aliphatic rings. The van der Waals surface area contributed by atoms with Crippen molar-refractivity contribution in [1.82, 2.24) is 0 Å². The molecule has 2 atom stereocenters. The molecule has 3 rings (SSSR count). The number of Topliss-reactive ketones (excluding diaryl/α,β-unsaturated/α-hetero) is 1. The number of hydrogen-bond acceptors (Lipinski definition) is 2. The van der Waals surface area contributed by atoms with Crippen molar-refractivity contribution in [2.24, 2.45) is 5.92 Å². The molecule has 1 nitrogen and oxygen atoms in total. The Morgan fingerprint density at radius 2 is 1.68 bits per heavy atom. The highest BCUT2D eigenvalue weighted by atomic mass is 32.2. The van der Waals surface area contributed by atoms with Gasteiger partial charge in [-0.05, 0) is 43.4 Å². The normalized spacial score (nSPS) is 28.4. The average Bonchev–Trinajstić information content (AvgIpc) is 2.46. The number of alkyl halides is 3. The lowest BCUT2D eigenvalue weighted by Gasteiger charge is -2.38. The lowest BCUT2D eigenvalue weighted by molar-refractivity contribution is -0.137. The maximum Gasteiger partial charge on any atom is 0.416 e. The molecule has 2 unspecified atom stereocenters. The van der Waals surface area contributed by atoms with E-state index in [9.17, 15) is 18.0 Å². The lowest BCUT2D eigenvalue weighted by atomic mass is 9.85. The number of ketones is 1. The van der Waals surface area contributed by atoms with Crippen molar-refractivity contribution in [2.45, 2.75) is 55.2 Å². The fraction of sp³-hybridized carbons (Fsp3) is 0.588. The predicted octanol–water partition coefficient (Wildman–Crippen LogP) is 4.88. The number of fused-ring (bicyclic) bond motifs is 2. The van der Waals surface area contributed by atoms with E-state index in [1.165, 1.54) is 31.4 Å². The van der Waals surface area contributed by atoms with E-state index in [1.807, 2.05) is 11.8 Å². The molecule has 2 heterocycles. The van der Waals surface area contributed by atoms with Crippen LogP contribution in [-0.4, -0.2) is 16.3 Å². The maximum atomic E-state index is 12.5. The van der Waals surface area contributed by atoms with Crippen LogP contribution < -0.4 is 0 Å². The van der Waals surface area contributed by atoms with Crippen molar-refractivity contribution in [3.05, 3.63) is 35.4 Å². The Morgan fingerprint density at radius 1 is 1.09 bits per heavy atom. The van der Waals surface area contributed by atoms with E-state index in [4.69, 9.17) is 0 Å². The molecule has 0 spiro atoms. The minimum absolute atomic E-state index is 0.0962. The van der Waals surface area contributed by atoms with Gasteiger partial charge in [0, 0.05) is 22.8 Å². The number of hydrogen-bond donors (Lipinski definition) is 0. The van der Waals surface area contributed by atoms with Crippen molar-refractivity contribution in [2.75, 3.05) is 0 Å². The van der Waals surface area contributed by atoms with E-state index in [1.54, 1.807) is 0 Å². The quantitative estimate of drug-likeness (QED) is 0.786. The minimum Gasteiger partial charge on any atom is -0.299 e. The van der Waals surface area contributed by atoms with Gasteiger partial charge in [-0.25, -0.2) is 0 Å². The smallest absolute Gasteiger partial charge is 0.299 e. The largest absolute Gasteiger partial charge is 0.416 e. The predicted molar refractivity (Wildman–Crippen MR) is 81.9 cm³/mol. The summed E-state index contributed by atoms with van der Waals surface area (Å²) < 4.78 is 37.6. The number of thioether (sulfide) groups is 1. The summed E-state index contributed by atoms with van der Waals surface area (Å²) in [5.74, 6) is 0.288. The second-order valence-corrected chi connectivity index (χ2v) is 7.92. The Balaban J connectivity index is 1.62. The Hall–Kier alpha value is -0.970. The van der Waals surface area contributed by atoms with Crippen LogP contribution in [0, 0.1) is 5.92 Å². The van der Waals surface area contributed by atoms with Crippen LogP contribution in [0.1, 0.15) is 43.2 Å². The zero-order chi connectivity index (χ0) is 15.7. The van der Waals surface area contributed by atoms with Gasteiger partial charge >= 0.3 is 6.18 Å². The van der Waals surface area contributed by atoms with Crippen molar-refractivity contribution in [3.63, 3.8) is 0 Å². The highest BCUT2D eigenvalue weighted by Gasteiger charge is 2.35. The van der Waals surface area contributed by atoms with E-state index in [0.717, 1.165) is 25.0 Å². The van der Waals surface area contributed by atoms with Gasteiger partial charge in [0.25, 0.3) is 0 Å². The molecule has 2 aliphatic heterocycles. The second-order valence-electron chi connectivity index (χ2n) is 6.32. The summed E-state index contributed by atoms with van der Waals surface area (Å²) in [7, 11) is 0. The van der Waals surface area contributed by atoms with Gasteiger partial charge < -0.3 is 0 Å². The van der Waals surface area contributed by atoms with Crippen LogP contribution in [0.5, 0.6) is 0 Å². The Labute approximate surface area is 132 Å². The van der Waals surface area contributed by atoms with E-state index in [-0.39, 0.29) is 18.1 Å². The van der Waals surface area contributed by atoms with Gasteiger partial charge in [0.2, 0.25) is 0 Å². The first-order valence-electron chi connectivity index (χ1n) is 7.76. The first-order chi connectivity index (χ1) is 10.4. The van der Waals surface area contributed by atoms with E-state index >= 15 is 0 Å². The first-order valence-corrected chi connectivity index (χ1v) is 8.70. The second kappa shape index (κ2) is 6.26. The van der Waals surface area contributed by atoms with Gasteiger partial charge in [0.05, 0.1) is 5.56 Å². The van der Waals surface area contributed by atoms with Crippen molar-refractivity contribution in [3.8, 4) is 0 Å². The Kier molecular flexibility index (Phi) is 4.53. The molecule has 1 aromatic carbocycles. The van der Waals surface area contributed by atoms with Crippen molar-refractivity contribution < 1.29 is 18.0 Å². The standard InChI is InChI=1S/C17H19F3OS/c18-17(19,20)13-6-4-11(5-7-13)8-16(21)12-9-14-2-1-3-15(10-12)22-14/h4-7,12,14-15H,1-3,8-10H2. The van der Waals surface area contributed by atoms with Crippen LogP contribution in [0.2, 0.25) is 0 Å².